The predicted molar refractivity (Wildman–Crippen MR) is 88.1 cm³/mol. The van der Waals surface area contributed by atoms with E-state index in [1.54, 1.807) is 4.57 Å². The van der Waals surface area contributed by atoms with Gasteiger partial charge in [-0.1, -0.05) is 32.9 Å². The lowest BCUT2D eigenvalue weighted by Crippen LogP contribution is -2.31. The highest BCUT2D eigenvalue weighted by molar-refractivity contribution is 5.42. The summed E-state index contributed by atoms with van der Waals surface area (Å²) in [6.45, 7) is 10.7. The molecule has 112 valence electrons. The highest BCUT2D eigenvalue weighted by atomic mass is 16.1. The van der Waals surface area contributed by atoms with E-state index in [2.05, 4.69) is 46.8 Å². The van der Waals surface area contributed by atoms with Gasteiger partial charge >= 0.3 is 0 Å². The third kappa shape index (κ3) is 2.93. The van der Waals surface area contributed by atoms with Crippen LogP contribution in [0.1, 0.15) is 43.2 Å². The van der Waals surface area contributed by atoms with Gasteiger partial charge in [0.25, 0.3) is 5.56 Å². The number of aromatic nitrogens is 1. The van der Waals surface area contributed by atoms with Gasteiger partial charge in [-0.15, -0.1) is 0 Å². The topological polar surface area (TPSA) is 48.0 Å². The molecule has 3 heteroatoms. The van der Waals surface area contributed by atoms with Crippen molar-refractivity contribution >= 4 is 0 Å². The van der Waals surface area contributed by atoms with Crippen LogP contribution in [-0.2, 0) is 12.0 Å². The van der Waals surface area contributed by atoms with Crippen LogP contribution >= 0.6 is 0 Å². The van der Waals surface area contributed by atoms with Crippen LogP contribution in [0.4, 0.5) is 0 Å². The maximum atomic E-state index is 12.7. The summed E-state index contributed by atoms with van der Waals surface area (Å²) in [5.74, 6) is 0. The second-order valence-corrected chi connectivity index (χ2v) is 6.61. The van der Waals surface area contributed by atoms with Gasteiger partial charge in [-0.05, 0) is 43.2 Å². The molecule has 0 radical (unpaired) electrons. The summed E-state index contributed by atoms with van der Waals surface area (Å²) in [7, 11) is 0. The van der Waals surface area contributed by atoms with E-state index in [0.29, 0.717) is 5.56 Å². The van der Waals surface area contributed by atoms with Crippen LogP contribution in [-0.4, -0.2) is 4.57 Å². The Morgan fingerprint density at radius 2 is 1.71 bits per heavy atom. The SMILES string of the molecule is Cc1ccc(-n2c(C(C)(C)C)ccc(CN)c2=O)cc1C. The standard InChI is InChI=1S/C18H24N2O/c1-12-6-8-15(10-13(12)2)20-16(18(3,4)5)9-7-14(11-19)17(20)21/h6-10H,11,19H2,1-5H3. The zero-order valence-corrected chi connectivity index (χ0v) is 13.5. The molecule has 0 saturated carbocycles. The van der Waals surface area contributed by atoms with Gasteiger partial charge < -0.3 is 5.73 Å². The average molecular weight is 284 g/mol. The first-order valence-corrected chi connectivity index (χ1v) is 7.29. The molecule has 0 aliphatic carbocycles. The predicted octanol–water partition coefficient (Wildman–Crippen LogP) is 3.21. The Balaban J connectivity index is 2.81. The molecule has 0 fully saturated rings. The van der Waals surface area contributed by atoms with Gasteiger partial charge in [-0.25, -0.2) is 0 Å². The van der Waals surface area contributed by atoms with Crippen molar-refractivity contribution < 1.29 is 0 Å². The van der Waals surface area contributed by atoms with Crippen molar-refractivity contribution in [3.63, 3.8) is 0 Å². The van der Waals surface area contributed by atoms with Crippen LogP contribution in [0.3, 0.4) is 0 Å². The smallest absolute Gasteiger partial charge is 0.259 e. The highest BCUT2D eigenvalue weighted by Gasteiger charge is 2.21. The number of aryl methyl sites for hydroxylation is 2. The number of pyridine rings is 1. The Bertz CT molecular complexity index is 721. The fourth-order valence-corrected chi connectivity index (χ4v) is 2.44. The minimum atomic E-state index is -0.120. The van der Waals surface area contributed by atoms with Crippen molar-refractivity contribution in [1.82, 2.24) is 4.57 Å². The number of hydrogen-bond donors (Lipinski definition) is 1. The molecule has 2 N–H and O–H groups in total. The number of hydrogen-bond acceptors (Lipinski definition) is 2. The molecule has 2 aromatic rings. The molecule has 1 heterocycles. The molecule has 0 atom stereocenters. The molecule has 0 bridgehead atoms. The van der Waals surface area contributed by atoms with Gasteiger partial charge in [0.1, 0.15) is 0 Å². The molecule has 0 amide bonds. The molecular formula is C18H24N2O. The second kappa shape index (κ2) is 5.49. The Morgan fingerprint density at radius 1 is 1.05 bits per heavy atom. The van der Waals surface area contributed by atoms with E-state index < -0.39 is 0 Å². The van der Waals surface area contributed by atoms with Gasteiger partial charge in [0, 0.05) is 28.9 Å². The van der Waals surface area contributed by atoms with Crippen LogP contribution in [0, 0.1) is 13.8 Å². The largest absolute Gasteiger partial charge is 0.326 e. The fraction of sp³-hybridized carbons (Fsp3) is 0.389. The Morgan fingerprint density at radius 3 is 2.24 bits per heavy atom. The monoisotopic (exact) mass is 284 g/mol. The van der Waals surface area contributed by atoms with E-state index in [1.807, 2.05) is 18.2 Å². The molecule has 2 rings (SSSR count). The average Bonchev–Trinajstić information content (AvgIpc) is 2.40. The summed E-state index contributed by atoms with van der Waals surface area (Å²) in [5.41, 5.74) is 10.5. The molecule has 1 aromatic heterocycles. The number of rotatable bonds is 2. The van der Waals surface area contributed by atoms with Crippen molar-refractivity contribution in [2.24, 2.45) is 5.73 Å². The summed E-state index contributed by atoms with van der Waals surface area (Å²) in [4.78, 5) is 12.7. The highest BCUT2D eigenvalue weighted by Crippen LogP contribution is 2.24. The lowest BCUT2D eigenvalue weighted by atomic mass is 9.90. The van der Waals surface area contributed by atoms with Gasteiger partial charge in [-0.2, -0.15) is 0 Å². The Kier molecular flexibility index (Phi) is 4.06. The van der Waals surface area contributed by atoms with Gasteiger partial charge in [0.15, 0.2) is 0 Å². The van der Waals surface area contributed by atoms with E-state index >= 15 is 0 Å². The molecule has 0 saturated heterocycles. The van der Waals surface area contributed by atoms with Crippen molar-refractivity contribution in [2.75, 3.05) is 0 Å². The molecule has 0 aliphatic heterocycles. The Labute approximate surface area is 126 Å². The first kappa shape index (κ1) is 15.5. The zero-order valence-electron chi connectivity index (χ0n) is 13.5. The summed E-state index contributed by atoms with van der Waals surface area (Å²) in [6.07, 6.45) is 0. The maximum Gasteiger partial charge on any atom is 0.259 e. The van der Waals surface area contributed by atoms with Crippen LogP contribution in [0.5, 0.6) is 0 Å². The molecular weight excluding hydrogens is 260 g/mol. The van der Waals surface area contributed by atoms with Crippen molar-refractivity contribution in [3.8, 4) is 5.69 Å². The minimum Gasteiger partial charge on any atom is -0.326 e. The van der Waals surface area contributed by atoms with Crippen molar-refractivity contribution in [2.45, 2.75) is 46.6 Å². The number of nitrogens with two attached hydrogens (primary N) is 1. The third-order valence-corrected chi connectivity index (χ3v) is 3.90. The fourth-order valence-electron chi connectivity index (χ4n) is 2.44. The van der Waals surface area contributed by atoms with Crippen LogP contribution in [0.15, 0.2) is 35.1 Å². The quantitative estimate of drug-likeness (QED) is 0.920. The third-order valence-electron chi connectivity index (χ3n) is 3.90. The van der Waals surface area contributed by atoms with Crippen LogP contribution < -0.4 is 11.3 Å². The van der Waals surface area contributed by atoms with Crippen LogP contribution in [0.2, 0.25) is 0 Å². The summed E-state index contributed by atoms with van der Waals surface area (Å²) < 4.78 is 1.80. The lowest BCUT2D eigenvalue weighted by Gasteiger charge is -2.25. The molecule has 0 aliphatic rings. The molecule has 0 unspecified atom stereocenters. The molecule has 3 nitrogen and oxygen atoms in total. The Hall–Kier alpha value is -1.87. The minimum absolute atomic E-state index is 0.0202. The maximum absolute atomic E-state index is 12.7. The van der Waals surface area contributed by atoms with E-state index in [9.17, 15) is 4.79 Å². The van der Waals surface area contributed by atoms with Crippen LogP contribution in [0.25, 0.3) is 5.69 Å². The molecule has 21 heavy (non-hydrogen) atoms. The van der Waals surface area contributed by atoms with E-state index in [4.69, 9.17) is 5.73 Å². The van der Waals surface area contributed by atoms with Crippen molar-refractivity contribution in [1.29, 1.82) is 0 Å². The molecule has 1 aromatic carbocycles. The van der Waals surface area contributed by atoms with E-state index in [-0.39, 0.29) is 17.5 Å². The summed E-state index contributed by atoms with van der Waals surface area (Å²) >= 11 is 0. The first-order valence-electron chi connectivity index (χ1n) is 7.29. The lowest BCUT2D eigenvalue weighted by molar-refractivity contribution is 0.546. The molecule has 0 spiro atoms. The second-order valence-electron chi connectivity index (χ2n) is 6.61. The van der Waals surface area contributed by atoms with Gasteiger partial charge in [0.2, 0.25) is 0 Å². The summed E-state index contributed by atoms with van der Waals surface area (Å²) in [6, 6.07) is 9.98. The van der Waals surface area contributed by atoms with E-state index in [1.165, 1.54) is 11.1 Å². The van der Waals surface area contributed by atoms with E-state index in [0.717, 1.165) is 11.4 Å². The number of benzene rings is 1. The zero-order chi connectivity index (χ0) is 15.8. The first-order chi connectivity index (χ1) is 9.75. The number of nitrogens with zero attached hydrogens (tertiary/aromatic N) is 1. The van der Waals surface area contributed by atoms with Crippen molar-refractivity contribution in [3.05, 3.63) is 63.1 Å². The van der Waals surface area contributed by atoms with Gasteiger partial charge in [-0.3, -0.25) is 9.36 Å². The normalized spacial score (nSPS) is 11.7. The summed E-state index contributed by atoms with van der Waals surface area (Å²) in [5, 5.41) is 0. The van der Waals surface area contributed by atoms with Gasteiger partial charge in [0.05, 0.1) is 0 Å².